The zero-order valence-corrected chi connectivity index (χ0v) is 13.5. The van der Waals surface area contributed by atoms with Crippen LogP contribution in [0.25, 0.3) is 0 Å². The van der Waals surface area contributed by atoms with Crippen LogP contribution in [0.2, 0.25) is 10.0 Å². The summed E-state index contributed by atoms with van der Waals surface area (Å²) in [6.07, 6.45) is 0. The molecule has 120 valence electrons. The van der Waals surface area contributed by atoms with Gasteiger partial charge in [-0.05, 0) is 30.3 Å². The number of Topliss-reactive ketones (excluding diaryl/α,β-unsaturated/α-hetero) is 1. The molecule has 23 heavy (non-hydrogen) atoms. The average Bonchev–Trinajstić information content (AvgIpc) is 2.48. The van der Waals surface area contributed by atoms with E-state index in [-0.39, 0.29) is 27.9 Å². The number of hydrogen-bond acceptors (Lipinski definition) is 3. The lowest BCUT2D eigenvalue weighted by Crippen LogP contribution is -2.14. The summed E-state index contributed by atoms with van der Waals surface area (Å²) < 4.78 is 19.2. The van der Waals surface area contributed by atoms with Crippen LogP contribution in [0, 0.1) is 5.82 Å². The first-order valence-corrected chi connectivity index (χ1v) is 7.31. The van der Waals surface area contributed by atoms with Gasteiger partial charge in [0.2, 0.25) is 11.7 Å². The Balaban J connectivity index is 2.09. The summed E-state index contributed by atoms with van der Waals surface area (Å²) in [5.74, 6) is -1.40. The van der Waals surface area contributed by atoms with E-state index in [9.17, 15) is 14.0 Å². The lowest BCUT2D eigenvalue weighted by molar-refractivity contribution is -0.114. The van der Waals surface area contributed by atoms with E-state index in [2.05, 4.69) is 5.32 Å². The van der Waals surface area contributed by atoms with Gasteiger partial charge in [0, 0.05) is 12.6 Å². The molecule has 0 fully saturated rings. The number of halogens is 3. The van der Waals surface area contributed by atoms with Crippen LogP contribution in [-0.2, 0) is 4.79 Å². The molecule has 0 unspecified atom stereocenters. The van der Waals surface area contributed by atoms with Crippen LogP contribution in [0.15, 0.2) is 36.4 Å². The van der Waals surface area contributed by atoms with E-state index >= 15 is 0 Å². The number of benzene rings is 2. The molecule has 4 nitrogen and oxygen atoms in total. The molecule has 2 aromatic carbocycles. The molecule has 0 bridgehead atoms. The Kier molecular flexibility index (Phi) is 5.58. The highest BCUT2D eigenvalue weighted by molar-refractivity contribution is 6.42. The monoisotopic (exact) mass is 355 g/mol. The summed E-state index contributed by atoms with van der Waals surface area (Å²) in [5.41, 5.74) is 0.127. The zero-order chi connectivity index (χ0) is 17.0. The zero-order valence-electron chi connectivity index (χ0n) is 12.0. The maximum Gasteiger partial charge on any atom is 0.221 e. The van der Waals surface area contributed by atoms with Crippen molar-refractivity contribution in [3.8, 4) is 5.75 Å². The van der Waals surface area contributed by atoms with E-state index in [1.165, 1.54) is 19.1 Å². The number of rotatable bonds is 5. The first-order valence-electron chi connectivity index (χ1n) is 6.55. The van der Waals surface area contributed by atoms with Gasteiger partial charge in [0.1, 0.15) is 16.6 Å². The normalized spacial score (nSPS) is 10.3. The molecule has 7 heteroatoms. The van der Waals surface area contributed by atoms with Crippen molar-refractivity contribution < 1.29 is 18.7 Å². The van der Waals surface area contributed by atoms with Crippen LogP contribution < -0.4 is 10.1 Å². The average molecular weight is 356 g/mol. The molecule has 0 saturated carbocycles. The standard InChI is InChI=1S/C16H12Cl2FNO3/c1-9(21)20-10-5-6-11(13(19)7-10)14(22)8-23-15-4-2-3-12(17)16(15)18/h2-7H,8H2,1H3,(H,20,21). The van der Waals surface area contributed by atoms with Crippen molar-refractivity contribution in [3.63, 3.8) is 0 Å². The van der Waals surface area contributed by atoms with Crippen LogP contribution in [0.5, 0.6) is 5.75 Å². The van der Waals surface area contributed by atoms with Gasteiger partial charge in [0.05, 0.1) is 10.6 Å². The third-order valence-corrected chi connectivity index (χ3v) is 3.67. The fourth-order valence-corrected chi connectivity index (χ4v) is 2.19. The molecule has 0 aliphatic heterocycles. The molecule has 0 aliphatic carbocycles. The number of amides is 1. The SMILES string of the molecule is CC(=O)Nc1ccc(C(=O)COc2cccc(Cl)c2Cl)c(F)c1. The molecular formula is C16H12Cl2FNO3. The van der Waals surface area contributed by atoms with Crippen molar-refractivity contribution in [2.45, 2.75) is 6.92 Å². The van der Waals surface area contributed by atoms with Gasteiger partial charge in [-0.25, -0.2) is 4.39 Å². The van der Waals surface area contributed by atoms with Gasteiger partial charge >= 0.3 is 0 Å². The van der Waals surface area contributed by atoms with Crippen LogP contribution in [0.3, 0.4) is 0 Å². The molecule has 0 saturated heterocycles. The van der Waals surface area contributed by atoms with Crippen molar-refractivity contribution in [2.75, 3.05) is 11.9 Å². The maximum atomic E-state index is 13.9. The molecule has 1 amide bonds. The van der Waals surface area contributed by atoms with E-state index in [0.717, 1.165) is 6.07 Å². The van der Waals surface area contributed by atoms with Crippen LogP contribution >= 0.6 is 23.2 Å². The molecule has 0 heterocycles. The third-order valence-electron chi connectivity index (χ3n) is 2.86. The highest BCUT2D eigenvalue weighted by atomic mass is 35.5. The number of anilines is 1. The largest absolute Gasteiger partial charge is 0.484 e. The molecular weight excluding hydrogens is 344 g/mol. The van der Waals surface area contributed by atoms with Crippen LogP contribution in [-0.4, -0.2) is 18.3 Å². The van der Waals surface area contributed by atoms with Crippen molar-refractivity contribution >= 4 is 40.6 Å². The van der Waals surface area contributed by atoms with Crippen molar-refractivity contribution in [2.24, 2.45) is 0 Å². The minimum Gasteiger partial charge on any atom is -0.484 e. The van der Waals surface area contributed by atoms with Gasteiger partial charge in [-0.3, -0.25) is 9.59 Å². The van der Waals surface area contributed by atoms with Crippen LogP contribution in [0.4, 0.5) is 10.1 Å². The van der Waals surface area contributed by atoms with E-state index in [1.54, 1.807) is 18.2 Å². The number of carbonyl (C=O) groups is 2. The summed E-state index contributed by atoms with van der Waals surface area (Å²) >= 11 is 11.8. The van der Waals surface area contributed by atoms with E-state index in [0.29, 0.717) is 5.02 Å². The minimum absolute atomic E-state index is 0.141. The van der Waals surface area contributed by atoms with Gasteiger partial charge in [0.25, 0.3) is 0 Å². The molecule has 0 spiro atoms. The van der Waals surface area contributed by atoms with Crippen molar-refractivity contribution in [3.05, 3.63) is 57.8 Å². The van der Waals surface area contributed by atoms with Crippen molar-refractivity contribution in [1.29, 1.82) is 0 Å². The maximum absolute atomic E-state index is 13.9. The summed E-state index contributed by atoms with van der Waals surface area (Å²) in [5, 5.41) is 2.91. The van der Waals surface area contributed by atoms with Crippen LogP contribution in [0.1, 0.15) is 17.3 Å². The van der Waals surface area contributed by atoms with E-state index < -0.39 is 18.2 Å². The van der Waals surface area contributed by atoms with Gasteiger partial charge in [-0.15, -0.1) is 0 Å². The Labute approximate surface area is 142 Å². The lowest BCUT2D eigenvalue weighted by atomic mass is 10.1. The highest BCUT2D eigenvalue weighted by Crippen LogP contribution is 2.31. The quantitative estimate of drug-likeness (QED) is 0.811. The molecule has 2 rings (SSSR count). The molecule has 0 atom stereocenters. The molecule has 0 aromatic heterocycles. The fourth-order valence-electron chi connectivity index (χ4n) is 1.84. The summed E-state index contributed by atoms with van der Waals surface area (Å²) in [6, 6.07) is 8.55. The number of carbonyl (C=O) groups excluding carboxylic acids is 2. The van der Waals surface area contributed by atoms with Gasteiger partial charge in [-0.1, -0.05) is 29.3 Å². The predicted molar refractivity (Wildman–Crippen MR) is 87.0 cm³/mol. The Morgan fingerprint density at radius 1 is 1.22 bits per heavy atom. The van der Waals surface area contributed by atoms with Gasteiger partial charge in [-0.2, -0.15) is 0 Å². The minimum atomic E-state index is -0.748. The van der Waals surface area contributed by atoms with E-state index in [4.69, 9.17) is 27.9 Å². The lowest BCUT2D eigenvalue weighted by Gasteiger charge is -2.09. The first-order chi connectivity index (χ1) is 10.9. The number of hydrogen-bond donors (Lipinski definition) is 1. The summed E-state index contributed by atoms with van der Waals surface area (Å²) in [4.78, 5) is 23.0. The molecule has 1 N–H and O–H groups in total. The number of ketones is 1. The topological polar surface area (TPSA) is 55.4 Å². The fraction of sp³-hybridized carbons (Fsp3) is 0.125. The smallest absolute Gasteiger partial charge is 0.221 e. The molecule has 0 aliphatic rings. The first kappa shape index (κ1) is 17.2. The Hall–Kier alpha value is -2.11. The second-order valence-electron chi connectivity index (χ2n) is 4.64. The summed E-state index contributed by atoms with van der Waals surface area (Å²) in [6.45, 7) is 0.913. The molecule has 0 radical (unpaired) electrons. The molecule has 2 aromatic rings. The number of nitrogens with one attached hydrogen (secondary N) is 1. The Morgan fingerprint density at radius 2 is 1.96 bits per heavy atom. The predicted octanol–water partition coefficient (Wildman–Crippen LogP) is 4.35. The Morgan fingerprint density at radius 3 is 2.61 bits per heavy atom. The highest BCUT2D eigenvalue weighted by Gasteiger charge is 2.15. The second kappa shape index (κ2) is 7.44. The van der Waals surface area contributed by atoms with Gasteiger partial charge in [0.15, 0.2) is 6.61 Å². The Bertz CT molecular complexity index is 765. The van der Waals surface area contributed by atoms with Crippen molar-refractivity contribution in [1.82, 2.24) is 0 Å². The van der Waals surface area contributed by atoms with E-state index in [1.807, 2.05) is 0 Å². The summed E-state index contributed by atoms with van der Waals surface area (Å²) in [7, 11) is 0. The second-order valence-corrected chi connectivity index (χ2v) is 5.42. The number of ether oxygens (including phenoxy) is 1. The van der Waals surface area contributed by atoms with Gasteiger partial charge < -0.3 is 10.1 Å². The third kappa shape index (κ3) is 4.43.